The number of aromatic nitrogens is 2. The summed E-state index contributed by atoms with van der Waals surface area (Å²) in [6.45, 7) is 0. The van der Waals surface area contributed by atoms with Crippen molar-refractivity contribution in [2.45, 2.75) is 12.5 Å². The Morgan fingerprint density at radius 3 is 2.36 bits per heavy atom. The highest BCUT2D eigenvalue weighted by Crippen LogP contribution is 2.30. The first-order valence-electron chi connectivity index (χ1n) is 7.20. The molecule has 0 aliphatic rings. The van der Waals surface area contributed by atoms with Crippen LogP contribution in [0.2, 0.25) is 5.02 Å². The van der Waals surface area contributed by atoms with Gasteiger partial charge in [0.05, 0.1) is 10.7 Å². The number of aliphatic carboxylic acids is 1. The lowest BCUT2D eigenvalue weighted by Gasteiger charge is -2.17. The molecule has 152 valence electrons. The third kappa shape index (κ3) is 4.02. The molecule has 0 aliphatic carbocycles. The maximum atomic E-state index is 14.3. The molecular weight excluding hydrogens is 416 g/mol. The van der Waals surface area contributed by atoms with E-state index >= 15 is 0 Å². The topological polar surface area (TPSA) is 99.8 Å². The van der Waals surface area contributed by atoms with Gasteiger partial charge in [-0.15, -0.1) is 0 Å². The number of carboxylic acids is 1. The van der Waals surface area contributed by atoms with E-state index in [1.165, 1.54) is 0 Å². The van der Waals surface area contributed by atoms with E-state index in [9.17, 15) is 31.9 Å². The summed E-state index contributed by atoms with van der Waals surface area (Å²) in [5.74, 6) is -3.28. The second-order valence-electron chi connectivity index (χ2n) is 5.30. The Kier molecular flexibility index (Phi) is 5.85. The summed E-state index contributed by atoms with van der Waals surface area (Å²) in [7, 11) is 1.74. The summed E-state index contributed by atoms with van der Waals surface area (Å²) in [6, 6.07) is 1.41. The Morgan fingerprint density at radius 2 is 1.86 bits per heavy atom. The van der Waals surface area contributed by atoms with Gasteiger partial charge in [-0.3, -0.25) is 9.36 Å². The summed E-state index contributed by atoms with van der Waals surface area (Å²) < 4.78 is 62.7. The van der Waals surface area contributed by atoms with Gasteiger partial charge < -0.3 is 14.6 Å². The Balaban J connectivity index is 2.71. The van der Waals surface area contributed by atoms with E-state index in [4.69, 9.17) is 21.4 Å². The highest BCUT2D eigenvalue weighted by Gasteiger charge is 2.35. The van der Waals surface area contributed by atoms with Crippen molar-refractivity contribution in [1.82, 2.24) is 9.13 Å². The molecule has 0 saturated heterocycles. The molecule has 0 amide bonds. The third-order valence-corrected chi connectivity index (χ3v) is 3.80. The Bertz CT molecular complexity index is 1050. The van der Waals surface area contributed by atoms with E-state index in [1.807, 2.05) is 0 Å². The van der Waals surface area contributed by atoms with Crippen molar-refractivity contribution in [3.05, 3.63) is 55.6 Å². The van der Waals surface area contributed by atoms with Crippen LogP contribution in [-0.4, -0.2) is 33.6 Å². The predicted octanol–water partition coefficient (Wildman–Crippen LogP) is 1.78. The average molecular weight is 427 g/mol. The molecule has 1 unspecified atom stereocenters. The number of hydrogen-bond acceptors (Lipinski definition) is 5. The van der Waals surface area contributed by atoms with Crippen LogP contribution < -0.4 is 16.0 Å². The number of alkyl halides is 3. The van der Waals surface area contributed by atoms with E-state index in [2.05, 4.69) is 4.74 Å². The lowest BCUT2D eigenvalue weighted by molar-refractivity contribution is -0.166. The van der Waals surface area contributed by atoms with Gasteiger partial charge in [0, 0.05) is 26.3 Å². The van der Waals surface area contributed by atoms with Crippen LogP contribution in [0.3, 0.4) is 0 Å². The molecule has 13 heteroatoms. The number of carbonyl (C=O) groups is 1. The number of ether oxygens (including phenoxy) is 2. The molecule has 1 atom stereocenters. The minimum Gasteiger partial charge on any atom is -0.477 e. The molecule has 8 nitrogen and oxygen atoms in total. The fourth-order valence-corrected chi connectivity index (χ4v) is 2.41. The number of methoxy groups -OCH3 is 1. The summed E-state index contributed by atoms with van der Waals surface area (Å²) >= 11 is 5.76. The number of hydrogen-bond donors (Lipinski definition) is 1. The van der Waals surface area contributed by atoms with Crippen molar-refractivity contribution in [2.24, 2.45) is 7.05 Å². The van der Waals surface area contributed by atoms with E-state index in [1.54, 1.807) is 0 Å². The second-order valence-corrected chi connectivity index (χ2v) is 5.71. The molecule has 1 N–H and O–H groups in total. The van der Waals surface area contributed by atoms with E-state index in [0.717, 1.165) is 14.2 Å². The maximum Gasteiger partial charge on any atom is 0.431 e. The van der Waals surface area contributed by atoms with E-state index in [0.29, 0.717) is 12.1 Å². The van der Waals surface area contributed by atoms with E-state index < -0.39 is 57.7 Å². The van der Waals surface area contributed by atoms with Crippen LogP contribution in [0.15, 0.2) is 27.8 Å². The zero-order chi connectivity index (χ0) is 21.4. The van der Waals surface area contributed by atoms with Crippen LogP contribution in [0.4, 0.5) is 17.6 Å². The zero-order valence-corrected chi connectivity index (χ0v) is 14.8. The Labute approximate surface area is 158 Å². The molecule has 1 aromatic heterocycles. The first-order chi connectivity index (χ1) is 12.9. The molecule has 0 saturated carbocycles. The monoisotopic (exact) mass is 426 g/mol. The first kappa shape index (κ1) is 21.4. The lowest BCUT2D eigenvalue weighted by atomic mass is 10.2. The summed E-state index contributed by atoms with van der Waals surface area (Å²) in [4.78, 5) is 35.3. The SMILES string of the molecule is COC(Oc1cc(-n2c(=O)cc(C(F)(F)F)n(C)c2=O)c(F)cc1Cl)C(=O)O. The molecule has 0 aliphatic heterocycles. The minimum absolute atomic E-state index is 0.116. The quantitative estimate of drug-likeness (QED) is 0.578. The van der Waals surface area contributed by atoms with E-state index in [-0.39, 0.29) is 15.2 Å². The standard InChI is InChI=1S/C15H11ClF4N2O6/c1-21-10(15(18,19)20)5-11(23)22(14(21)26)8-4-9(6(16)3-7(8)17)28-13(27-2)12(24)25/h3-5,13H,1-2H3,(H,24,25). The molecule has 1 aromatic carbocycles. The molecule has 2 rings (SSSR count). The molecule has 0 bridgehead atoms. The molecular formula is C15H11ClF4N2O6. The minimum atomic E-state index is -4.99. The Hall–Kier alpha value is -2.86. The van der Waals surface area contributed by atoms with Crippen LogP contribution >= 0.6 is 11.6 Å². The number of nitrogens with zero attached hydrogens (tertiary/aromatic N) is 2. The molecule has 1 heterocycles. The fraction of sp³-hybridized carbons (Fsp3) is 0.267. The summed E-state index contributed by atoms with van der Waals surface area (Å²) in [5.41, 5.74) is -5.29. The number of halogens is 5. The van der Waals surface area contributed by atoms with Crippen molar-refractivity contribution in [1.29, 1.82) is 0 Å². The van der Waals surface area contributed by atoms with Gasteiger partial charge in [0.1, 0.15) is 17.3 Å². The van der Waals surface area contributed by atoms with Gasteiger partial charge >= 0.3 is 17.8 Å². The second kappa shape index (κ2) is 7.64. The molecule has 0 radical (unpaired) electrons. The largest absolute Gasteiger partial charge is 0.477 e. The smallest absolute Gasteiger partial charge is 0.431 e. The summed E-state index contributed by atoms with van der Waals surface area (Å²) in [6.07, 6.45) is -6.85. The number of rotatable bonds is 5. The highest BCUT2D eigenvalue weighted by molar-refractivity contribution is 6.32. The predicted molar refractivity (Wildman–Crippen MR) is 86.3 cm³/mol. The van der Waals surface area contributed by atoms with Crippen LogP contribution in [0.1, 0.15) is 5.69 Å². The normalized spacial score (nSPS) is 12.7. The average Bonchev–Trinajstić information content (AvgIpc) is 2.57. The van der Waals surface area contributed by atoms with Gasteiger partial charge in [0.2, 0.25) is 0 Å². The van der Waals surface area contributed by atoms with Crippen molar-refractivity contribution in [3.8, 4) is 11.4 Å². The first-order valence-corrected chi connectivity index (χ1v) is 7.58. The Morgan fingerprint density at radius 1 is 1.25 bits per heavy atom. The van der Waals surface area contributed by atoms with Crippen LogP contribution in [0.5, 0.6) is 5.75 Å². The molecule has 28 heavy (non-hydrogen) atoms. The fourth-order valence-electron chi connectivity index (χ4n) is 2.21. The van der Waals surface area contributed by atoms with Crippen LogP contribution in [0.25, 0.3) is 5.69 Å². The molecule has 2 aromatic rings. The van der Waals surface area contributed by atoms with Gasteiger partial charge in [0.15, 0.2) is 0 Å². The highest BCUT2D eigenvalue weighted by atomic mass is 35.5. The lowest BCUT2D eigenvalue weighted by Crippen LogP contribution is -2.41. The molecule has 0 spiro atoms. The molecule has 0 fully saturated rings. The van der Waals surface area contributed by atoms with Crippen LogP contribution in [0, 0.1) is 5.82 Å². The van der Waals surface area contributed by atoms with Gasteiger partial charge in [-0.2, -0.15) is 13.2 Å². The van der Waals surface area contributed by atoms with Gasteiger partial charge in [0.25, 0.3) is 11.8 Å². The summed E-state index contributed by atoms with van der Waals surface area (Å²) in [5, 5.41) is 8.49. The van der Waals surface area contributed by atoms with Gasteiger partial charge in [-0.05, 0) is 6.07 Å². The number of benzene rings is 1. The van der Waals surface area contributed by atoms with Crippen molar-refractivity contribution < 1.29 is 36.9 Å². The van der Waals surface area contributed by atoms with Gasteiger partial charge in [-0.25, -0.2) is 18.5 Å². The van der Waals surface area contributed by atoms with Crippen molar-refractivity contribution in [2.75, 3.05) is 7.11 Å². The van der Waals surface area contributed by atoms with Crippen LogP contribution in [-0.2, 0) is 22.8 Å². The maximum absolute atomic E-state index is 14.3. The van der Waals surface area contributed by atoms with Gasteiger partial charge in [-0.1, -0.05) is 11.6 Å². The van der Waals surface area contributed by atoms with Crippen molar-refractivity contribution >= 4 is 17.6 Å². The zero-order valence-electron chi connectivity index (χ0n) is 14.1. The third-order valence-electron chi connectivity index (χ3n) is 3.50. The van der Waals surface area contributed by atoms with Crippen molar-refractivity contribution in [3.63, 3.8) is 0 Å². The number of carboxylic acid groups (broad SMARTS) is 1.